The molecule has 2 rings (SSSR count). The summed E-state index contributed by atoms with van der Waals surface area (Å²) in [7, 11) is -3.75. The Balaban J connectivity index is 2.23. The van der Waals surface area contributed by atoms with Crippen LogP contribution in [0.5, 0.6) is 0 Å². The Morgan fingerprint density at radius 1 is 1.05 bits per heavy atom. The number of carboxylic acid groups (broad SMARTS) is 1. The van der Waals surface area contributed by atoms with Gasteiger partial charge in [-0.2, -0.15) is 12.8 Å². The van der Waals surface area contributed by atoms with Crippen molar-refractivity contribution in [1.29, 1.82) is 0 Å². The molecule has 2 aromatic rings. The predicted octanol–water partition coefficient (Wildman–Crippen LogP) is 2.50. The fourth-order valence-electron chi connectivity index (χ4n) is 1.61. The molecule has 1 N–H and O–H groups in total. The van der Waals surface area contributed by atoms with E-state index in [0.29, 0.717) is 5.56 Å². The van der Waals surface area contributed by atoms with E-state index in [1.165, 1.54) is 42.6 Å². The molecule has 0 spiro atoms. The molecule has 5 nitrogen and oxygen atoms in total. The molecule has 108 valence electrons. The van der Waals surface area contributed by atoms with Crippen molar-refractivity contribution < 1.29 is 18.3 Å². The number of benzene rings is 2. The summed E-state index contributed by atoms with van der Waals surface area (Å²) in [5.41, 5.74) is 1.60. The van der Waals surface area contributed by atoms with Gasteiger partial charge in [-0.1, -0.05) is 29.8 Å². The predicted molar refractivity (Wildman–Crippen MR) is 79.4 cm³/mol. The Kier molecular flexibility index (Phi) is 4.18. The molecule has 0 saturated carbocycles. The second-order valence-electron chi connectivity index (χ2n) is 4.45. The van der Waals surface area contributed by atoms with Crippen LogP contribution in [0.3, 0.4) is 0 Å². The van der Waals surface area contributed by atoms with E-state index in [0.717, 1.165) is 5.56 Å². The van der Waals surface area contributed by atoms with Gasteiger partial charge in [-0.3, -0.25) is 0 Å². The van der Waals surface area contributed by atoms with Crippen molar-refractivity contribution >= 4 is 22.2 Å². The van der Waals surface area contributed by atoms with Gasteiger partial charge in [0.15, 0.2) is 0 Å². The quantitative estimate of drug-likeness (QED) is 0.880. The van der Waals surface area contributed by atoms with Gasteiger partial charge in [0.1, 0.15) is 0 Å². The minimum absolute atomic E-state index is 0.117. The minimum Gasteiger partial charge on any atom is -0.478 e. The number of sulfonamides is 1. The van der Waals surface area contributed by atoms with Crippen molar-refractivity contribution in [2.75, 3.05) is 0 Å². The summed E-state index contributed by atoms with van der Waals surface area (Å²) in [6.07, 6.45) is 1.20. The fourth-order valence-corrected chi connectivity index (χ4v) is 2.48. The molecule has 2 aromatic carbocycles. The molecule has 0 aliphatic rings. The Hall–Kier alpha value is -2.47. The number of carbonyl (C=O) groups is 1. The molecule has 6 heteroatoms. The van der Waals surface area contributed by atoms with E-state index in [-0.39, 0.29) is 10.5 Å². The zero-order valence-electron chi connectivity index (χ0n) is 11.2. The topological polar surface area (TPSA) is 83.8 Å². The zero-order valence-corrected chi connectivity index (χ0v) is 12.0. The number of hydrogen-bond acceptors (Lipinski definition) is 3. The summed E-state index contributed by atoms with van der Waals surface area (Å²) < 4.78 is 27.6. The van der Waals surface area contributed by atoms with Crippen molar-refractivity contribution in [3.05, 3.63) is 65.2 Å². The highest BCUT2D eigenvalue weighted by Gasteiger charge is 2.10. The van der Waals surface area contributed by atoms with Crippen LogP contribution in [0.15, 0.2) is 57.8 Å². The lowest BCUT2D eigenvalue weighted by Gasteiger charge is -1.99. The van der Waals surface area contributed by atoms with Gasteiger partial charge in [0, 0.05) is 6.21 Å². The van der Waals surface area contributed by atoms with Crippen LogP contribution in [0.1, 0.15) is 21.5 Å². The molecule has 0 unspecified atom stereocenters. The molecule has 0 amide bonds. The minimum atomic E-state index is -3.75. The first-order valence-electron chi connectivity index (χ1n) is 6.09. The van der Waals surface area contributed by atoms with Crippen LogP contribution in [-0.2, 0) is 10.0 Å². The maximum absolute atomic E-state index is 12.0. The molecule has 0 fully saturated rings. The molecule has 0 atom stereocenters. The molecule has 0 radical (unpaired) electrons. The largest absolute Gasteiger partial charge is 0.478 e. The van der Waals surface area contributed by atoms with Crippen LogP contribution in [0.4, 0.5) is 0 Å². The van der Waals surface area contributed by atoms with Gasteiger partial charge in [0.05, 0.1) is 10.5 Å². The van der Waals surface area contributed by atoms with Gasteiger partial charge in [-0.15, -0.1) is 0 Å². The van der Waals surface area contributed by atoms with E-state index in [1.807, 2.05) is 6.92 Å². The number of nitrogens with zero attached hydrogens (tertiary/aromatic N) is 1. The van der Waals surface area contributed by atoms with Gasteiger partial charge in [-0.05, 0) is 36.8 Å². The number of hydrogen-bond donors (Lipinski definition) is 1. The summed E-state index contributed by atoms with van der Waals surface area (Å²) in [5, 5.41) is 8.78. The zero-order chi connectivity index (χ0) is 15.5. The van der Waals surface area contributed by atoms with Gasteiger partial charge in [0.25, 0.3) is 10.0 Å². The molecule has 0 aromatic heterocycles. The molecule has 0 aliphatic heterocycles. The SMILES string of the molecule is Cc1ccc(S(=O)(=O)/N=C\c2ccc(C(=O)O)cc2)cc1. The highest BCUT2D eigenvalue weighted by molar-refractivity contribution is 7.90. The van der Waals surface area contributed by atoms with Crippen molar-refractivity contribution in [2.45, 2.75) is 11.8 Å². The lowest BCUT2D eigenvalue weighted by molar-refractivity contribution is 0.0697. The summed E-state index contributed by atoms with van der Waals surface area (Å²) in [6.45, 7) is 1.86. The molecule has 21 heavy (non-hydrogen) atoms. The smallest absolute Gasteiger partial charge is 0.335 e. The van der Waals surface area contributed by atoms with Gasteiger partial charge >= 0.3 is 5.97 Å². The Labute approximate surface area is 122 Å². The monoisotopic (exact) mass is 303 g/mol. The van der Waals surface area contributed by atoms with Crippen LogP contribution >= 0.6 is 0 Å². The maximum atomic E-state index is 12.0. The third-order valence-electron chi connectivity index (χ3n) is 2.82. The van der Waals surface area contributed by atoms with E-state index in [4.69, 9.17) is 5.11 Å². The Morgan fingerprint density at radius 3 is 2.14 bits per heavy atom. The first-order chi connectivity index (χ1) is 9.88. The normalized spacial score (nSPS) is 11.7. The summed E-state index contributed by atoms with van der Waals surface area (Å²) >= 11 is 0. The third kappa shape index (κ3) is 3.76. The molecule has 0 heterocycles. The molecule has 0 bridgehead atoms. The molecular formula is C15H13NO4S. The molecular weight excluding hydrogens is 290 g/mol. The molecule has 0 aliphatic carbocycles. The van der Waals surface area contributed by atoms with E-state index in [9.17, 15) is 13.2 Å². The van der Waals surface area contributed by atoms with Crippen LogP contribution in [0, 0.1) is 6.92 Å². The summed E-state index contributed by atoms with van der Waals surface area (Å²) in [4.78, 5) is 10.8. The Bertz CT molecular complexity index is 775. The van der Waals surface area contributed by atoms with Crippen LogP contribution in [0.2, 0.25) is 0 Å². The number of carboxylic acids is 1. The van der Waals surface area contributed by atoms with Gasteiger partial charge in [0.2, 0.25) is 0 Å². The number of aryl methyl sites for hydroxylation is 1. The third-order valence-corrected chi connectivity index (χ3v) is 4.07. The highest BCUT2D eigenvalue weighted by Crippen LogP contribution is 2.13. The van der Waals surface area contributed by atoms with Crippen molar-refractivity contribution in [3.63, 3.8) is 0 Å². The van der Waals surface area contributed by atoms with Crippen LogP contribution in [0.25, 0.3) is 0 Å². The van der Waals surface area contributed by atoms with E-state index in [2.05, 4.69) is 4.40 Å². The van der Waals surface area contributed by atoms with Crippen molar-refractivity contribution in [2.24, 2.45) is 4.40 Å². The van der Waals surface area contributed by atoms with E-state index < -0.39 is 16.0 Å². The fraction of sp³-hybridized carbons (Fsp3) is 0.0667. The van der Waals surface area contributed by atoms with Gasteiger partial charge < -0.3 is 5.11 Å². The number of aromatic carboxylic acids is 1. The van der Waals surface area contributed by atoms with Crippen molar-refractivity contribution in [1.82, 2.24) is 0 Å². The first kappa shape index (κ1) is 14.9. The lowest BCUT2D eigenvalue weighted by Crippen LogP contribution is -1.99. The second-order valence-corrected chi connectivity index (χ2v) is 6.08. The van der Waals surface area contributed by atoms with Gasteiger partial charge in [-0.25, -0.2) is 4.79 Å². The van der Waals surface area contributed by atoms with E-state index in [1.54, 1.807) is 12.1 Å². The highest BCUT2D eigenvalue weighted by atomic mass is 32.2. The first-order valence-corrected chi connectivity index (χ1v) is 7.53. The van der Waals surface area contributed by atoms with Crippen LogP contribution in [-0.4, -0.2) is 25.7 Å². The lowest BCUT2D eigenvalue weighted by atomic mass is 10.1. The standard InChI is InChI=1S/C15H13NO4S/c1-11-2-8-14(9-3-11)21(19,20)16-10-12-4-6-13(7-5-12)15(17)18/h2-10H,1H3,(H,17,18)/b16-10-. The summed E-state index contributed by atoms with van der Waals surface area (Å²) in [6, 6.07) is 12.2. The number of rotatable bonds is 4. The summed E-state index contributed by atoms with van der Waals surface area (Å²) in [5.74, 6) is -1.04. The second kappa shape index (κ2) is 5.88. The average molecular weight is 303 g/mol. The maximum Gasteiger partial charge on any atom is 0.335 e. The van der Waals surface area contributed by atoms with Crippen LogP contribution < -0.4 is 0 Å². The average Bonchev–Trinajstić information content (AvgIpc) is 2.46. The van der Waals surface area contributed by atoms with Crippen molar-refractivity contribution in [3.8, 4) is 0 Å². The Morgan fingerprint density at radius 2 is 1.62 bits per heavy atom. The molecule has 0 saturated heterocycles. The van der Waals surface area contributed by atoms with E-state index >= 15 is 0 Å².